The molecule has 0 fully saturated rings. The van der Waals surface area contributed by atoms with Crippen LogP contribution < -0.4 is 4.72 Å². The number of nitrogens with one attached hydrogen (secondary N) is 1. The summed E-state index contributed by atoms with van der Waals surface area (Å²) in [7, 11) is 0. The number of nitrogens with zero attached hydrogens (tertiary/aromatic N) is 1. The van der Waals surface area contributed by atoms with Crippen LogP contribution in [0, 0.1) is 0 Å². The molecule has 0 bridgehead atoms. The minimum absolute atomic E-state index is 0.847. The Bertz CT molecular complexity index is 191. The van der Waals surface area contributed by atoms with Crippen molar-refractivity contribution < 1.29 is 0 Å². The average Bonchev–Trinajstić information content (AvgIpc) is 2.07. The number of hydrogen-bond acceptors (Lipinski definition) is 4. The van der Waals surface area contributed by atoms with Crippen LogP contribution in [0.3, 0.4) is 0 Å². The fourth-order valence-corrected chi connectivity index (χ4v) is 1.45. The Balaban J connectivity index is 2.28. The average molecular weight is 186 g/mol. The van der Waals surface area contributed by atoms with Crippen molar-refractivity contribution in [3.05, 3.63) is 24.4 Å². The first-order valence-electron chi connectivity index (χ1n) is 3.35. The Kier molecular flexibility index (Phi) is 4.42. The zero-order valence-corrected chi connectivity index (χ0v) is 7.74. The third-order valence-corrected chi connectivity index (χ3v) is 2.05. The van der Waals surface area contributed by atoms with Crippen LogP contribution in [0.25, 0.3) is 0 Å². The lowest BCUT2D eigenvalue weighted by Gasteiger charge is -1.98. The molecular formula is C7H10N2S2. The van der Waals surface area contributed by atoms with Crippen LogP contribution in [0.1, 0.15) is 0 Å². The van der Waals surface area contributed by atoms with Crippen LogP contribution >= 0.6 is 24.6 Å². The standard InChI is InChI=1S/C7H10N2S2/c10-6-5-9-11-7-3-1-2-4-8-7/h1-4,9-10H,5-6H2. The summed E-state index contributed by atoms with van der Waals surface area (Å²) in [6, 6.07) is 5.84. The van der Waals surface area contributed by atoms with E-state index in [2.05, 4.69) is 22.3 Å². The molecule has 1 aromatic heterocycles. The predicted octanol–water partition coefficient (Wildman–Crippen LogP) is 1.61. The molecule has 0 saturated heterocycles. The Morgan fingerprint density at radius 1 is 1.55 bits per heavy atom. The van der Waals surface area contributed by atoms with E-state index >= 15 is 0 Å². The molecule has 1 rings (SSSR count). The Morgan fingerprint density at radius 2 is 2.45 bits per heavy atom. The van der Waals surface area contributed by atoms with Gasteiger partial charge in [0.15, 0.2) is 0 Å². The smallest absolute Gasteiger partial charge is 0.111 e. The van der Waals surface area contributed by atoms with Gasteiger partial charge >= 0.3 is 0 Å². The van der Waals surface area contributed by atoms with Crippen LogP contribution in [0.4, 0.5) is 0 Å². The highest BCUT2D eigenvalue weighted by molar-refractivity contribution is 7.97. The molecule has 1 heterocycles. The van der Waals surface area contributed by atoms with E-state index in [0.717, 1.165) is 17.3 Å². The number of hydrogen-bond donors (Lipinski definition) is 2. The summed E-state index contributed by atoms with van der Waals surface area (Å²) >= 11 is 5.61. The van der Waals surface area contributed by atoms with Crippen molar-refractivity contribution >= 4 is 24.6 Å². The largest absolute Gasteiger partial charge is 0.258 e. The van der Waals surface area contributed by atoms with Crippen molar-refractivity contribution in [3.63, 3.8) is 0 Å². The molecule has 0 spiro atoms. The Hall–Kier alpha value is -0.190. The molecular weight excluding hydrogens is 176 g/mol. The van der Waals surface area contributed by atoms with Crippen molar-refractivity contribution in [2.45, 2.75) is 5.03 Å². The minimum atomic E-state index is 0.847. The van der Waals surface area contributed by atoms with Crippen LogP contribution in [-0.4, -0.2) is 17.3 Å². The topological polar surface area (TPSA) is 24.9 Å². The summed E-state index contributed by atoms with van der Waals surface area (Å²) in [4.78, 5) is 4.13. The van der Waals surface area contributed by atoms with Crippen molar-refractivity contribution in [2.75, 3.05) is 12.3 Å². The molecule has 60 valence electrons. The van der Waals surface area contributed by atoms with E-state index in [1.54, 1.807) is 6.20 Å². The summed E-state index contributed by atoms with van der Waals surface area (Å²) in [6.07, 6.45) is 1.78. The van der Waals surface area contributed by atoms with Gasteiger partial charge in [0.25, 0.3) is 0 Å². The van der Waals surface area contributed by atoms with E-state index in [4.69, 9.17) is 0 Å². The lowest BCUT2D eigenvalue weighted by atomic mass is 10.5. The highest BCUT2D eigenvalue weighted by Crippen LogP contribution is 2.08. The number of aromatic nitrogens is 1. The lowest BCUT2D eigenvalue weighted by molar-refractivity contribution is 1.03. The SMILES string of the molecule is SCCNSc1ccccn1. The predicted molar refractivity (Wildman–Crippen MR) is 51.9 cm³/mol. The summed E-state index contributed by atoms with van der Waals surface area (Å²) in [5.74, 6) is 0.847. The van der Waals surface area contributed by atoms with E-state index in [-0.39, 0.29) is 0 Å². The Labute approximate surface area is 76.3 Å². The summed E-state index contributed by atoms with van der Waals surface area (Å²) in [5.41, 5.74) is 0. The fourth-order valence-electron chi connectivity index (χ4n) is 0.578. The van der Waals surface area contributed by atoms with E-state index in [9.17, 15) is 0 Å². The van der Waals surface area contributed by atoms with Gasteiger partial charge in [0.2, 0.25) is 0 Å². The maximum atomic E-state index is 4.13. The van der Waals surface area contributed by atoms with E-state index < -0.39 is 0 Å². The van der Waals surface area contributed by atoms with Crippen molar-refractivity contribution in [3.8, 4) is 0 Å². The van der Waals surface area contributed by atoms with Gasteiger partial charge < -0.3 is 0 Å². The number of thiol groups is 1. The third-order valence-electron chi connectivity index (χ3n) is 1.03. The molecule has 11 heavy (non-hydrogen) atoms. The maximum absolute atomic E-state index is 4.13. The highest BCUT2D eigenvalue weighted by atomic mass is 32.2. The van der Waals surface area contributed by atoms with Gasteiger partial charge in [0.1, 0.15) is 5.03 Å². The molecule has 0 radical (unpaired) electrons. The number of rotatable bonds is 4. The van der Waals surface area contributed by atoms with E-state index in [0.29, 0.717) is 0 Å². The third kappa shape index (κ3) is 3.65. The molecule has 2 nitrogen and oxygen atoms in total. The second-order valence-corrected chi connectivity index (χ2v) is 3.25. The van der Waals surface area contributed by atoms with E-state index in [1.165, 1.54) is 11.9 Å². The molecule has 1 aromatic rings. The van der Waals surface area contributed by atoms with Gasteiger partial charge in [-0.05, 0) is 24.1 Å². The van der Waals surface area contributed by atoms with Gasteiger partial charge in [-0.3, -0.25) is 4.72 Å². The van der Waals surface area contributed by atoms with E-state index in [1.807, 2.05) is 18.2 Å². The van der Waals surface area contributed by atoms with Gasteiger partial charge in [-0.1, -0.05) is 6.07 Å². The lowest BCUT2D eigenvalue weighted by Crippen LogP contribution is -2.06. The van der Waals surface area contributed by atoms with Crippen molar-refractivity contribution in [1.29, 1.82) is 0 Å². The van der Waals surface area contributed by atoms with Crippen LogP contribution in [0.5, 0.6) is 0 Å². The van der Waals surface area contributed by atoms with Crippen molar-refractivity contribution in [1.82, 2.24) is 9.71 Å². The van der Waals surface area contributed by atoms with Crippen LogP contribution in [0.2, 0.25) is 0 Å². The summed E-state index contributed by atoms with van der Waals surface area (Å²) in [5, 5.41) is 0.995. The molecule has 0 aliphatic rings. The molecule has 0 saturated carbocycles. The molecule has 4 heteroatoms. The summed E-state index contributed by atoms with van der Waals surface area (Å²) in [6.45, 7) is 0.893. The molecule has 0 unspecified atom stereocenters. The first-order valence-corrected chi connectivity index (χ1v) is 4.80. The summed E-state index contributed by atoms with van der Waals surface area (Å²) < 4.78 is 3.13. The molecule has 0 atom stereocenters. The fraction of sp³-hybridized carbons (Fsp3) is 0.286. The van der Waals surface area contributed by atoms with Gasteiger partial charge in [0.05, 0.1) is 0 Å². The monoisotopic (exact) mass is 186 g/mol. The minimum Gasteiger partial charge on any atom is -0.258 e. The van der Waals surface area contributed by atoms with Gasteiger partial charge in [-0.2, -0.15) is 12.6 Å². The van der Waals surface area contributed by atoms with Gasteiger partial charge in [0, 0.05) is 18.5 Å². The molecule has 0 aliphatic carbocycles. The normalized spacial score (nSPS) is 9.91. The highest BCUT2D eigenvalue weighted by Gasteiger charge is 1.90. The molecule has 0 aromatic carbocycles. The molecule has 0 aliphatic heterocycles. The van der Waals surface area contributed by atoms with Crippen molar-refractivity contribution in [2.24, 2.45) is 0 Å². The maximum Gasteiger partial charge on any atom is 0.111 e. The second-order valence-electron chi connectivity index (χ2n) is 1.89. The van der Waals surface area contributed by atoms with Crippen LogP contribution in [-0.2, 0) is 0 Å². The quantitative estimate of drug-likeness (QED) is 0.424. The molecule has 0 amide bonds. The number of pyridine rings is 1. The zero-order valence-electron chi connectivity index (χ0n) is 6.03. The first-order chi connectivity index (χ1) is 5.43. The van der Waals surface area contributed by atoms with Gasteiger partial charge in [-0.15, -0.1) is 0 Å². The van der Waals surface area contributed by atoms with Gasteiger partial charge in [-0.25, -0.2) is 4.98 Å². The first kappa shape index (κ1) is 8.90. The molecule has 1 N–H and O–H groups in total. The Morgan fingerprint density at radius 3 is 3.09 bits per heavy atom. The van der Waals surface area contributed by atoms with Crippen LogP contribution in [0.15, 0.2) is 29.4 Å². The second kappa shape index (κ2) is 5.46. The zero-order chi connectivity index (χ0) is 7.94.